The molecule has 0 bridgehead atoms. The second-order valence-corrected chi connectivity index (χ2v) is 8.83. The van der Waals surface area contributed by atoms with E-state index in [0.717, 1.165) is 32.1 Å². The Labute approximate surface area is 186 Å². The van der Waals surface area contributed by atoms with Crippen LogP contribution in [0.15, 0.2) is 51.7 Å². The molecule has 6 heteroatoms. The Balaban J connectivity index is 4.76. The molecule has 168 valence electrons. The minimum absolute atomic E-state index is 0.0515. The minimum atomic E-state index is -1.11. The number of hydrazone groups is 1. The standard InChI is InChI=1S/C24H38N2O3S/c1-18(2)9-7-10-20(5)11-8-12-22(14-13-19(3)4)15-16-30-17-23(24(28)29)26-25-21(6)27/h9,11,13,15H,7-8,10,12,14,16-17H2,1-6H3,(H,25,27)(H,28,29)/b20-11+,22-15-,26-23+. The highest BCUT2D eigenvalue weighted by atomic mass is 32.2. The van der Waals surface area contributed by atoms with Crippen LogP contribution in [0.4, 0.5) is 0 Å². The number of amides is 1. The van der Waals surface area contributed by atoms with Gasteiger partial charge in [0, 0.05) is 18.4 Å². The van der Waals surface area contributed by atoms with Crippen molar-refractivity contribution in [1.29, 1.82) is 0 Å². The SMILES string of the molecule is CC(=O)N/N=C(\CSC/C=C(\CC=C(C)C)CC/C=C(\C)CCC=C(C)C)C(=O)O. The normalized spacial score (nSPS) is 12.4. The van der Waals surface area contributed by atoms with Crippen LogP contribution in [0.2, 0.25) is 0 Å². The molecule has 2 N–H and O–H groups in total. The van der Waals surface area contributed by atoms with Gasteiger partial charge in [0.1, 0.15) is 0 Å². The summed E-state index contributed by atoms with van der Waals surface area (Å²) in [6.45, 7) is 11.9. The zero-order valence-corrected chi connectivity index (χ0v) is 20.2. The number of aliphatic carboxylic acids is 1. The zero-order chi connectivity index (χ0) is 22.9. The molecule has 0 radical (unpaired) electrons. The van der Waals surface area contributed by atoms with Crippen molar-refractivity contribution in [3.63, 3.8) is 0 Å². The van der Waals surface area contributed by atoms with Crippen molar-refractivity contribution >= 4 is 29.4 Å². The van der Waals surface area contributed by atoms with Gasteiger partial charge in [0.25, 0.3) is 0 Å². The number of thioether (sulfide) groups is 1. The summed E-state index contributed by atoms with van der Waals surface area (Å²) in [5.41, 5.74) is 7.56. The molecule has 0 aromatic carbocycles. The monoisotopic (exact) mass is 434 g/mol. The molecule has 0 fully saturated rings. The van der Waals surface area contributed by atoms with E-state index in [9.17, 15) is 14.7 Å². The van der Waals surface area contributed by atoms with Gasteiger partial charge in [0.15, 0.2) is 5.71 Å². The highest BCUT2D eigenvalue weighted by Gasteiger charge is 2.09. The van der Waals surface area contributed by atoms with Crippen molar-refractivity contribution in [2.24, 2.45) is 5.10 Å². The van der Waals surface area contributed by atoms with E-state index in [4.69, 9.17) is 0 Å². The summed E-state index contributed by atoms with van der Waals surface area (Å²) in [4.78, 5) is 22.1. The van der Waals surface area contributed by atoms with E-state index in [1.54, 1.807) is 0 Å². The van der Waals surface area contributed by atoms with Crippen LogP contribution < -0.4 is 5.43 Å². The van der Waals surface area contributed by atoms with Gasteiger partial charge in [-0.25, -0.2) is 10.2 Å². The summed E-state index contributed by atoms with van der Waals surface area (Å²) in [5.74, 6) is -0.543. The van der Waals surface area contributed by atoms with Crippen molar-refractivity contribution < 1.29 is 14.7 Å². The zero-order valence-electron chi connectivity index (χ0n) is 19.4. The molecular formula is C24H38N2O3S. The van der Waals surface area contributed by atoms with E-state index >= 15 is 0 Å². The maximum atomic E-state index is 11.2. The Morgan fingerprint density at radius 2 is 1.53 bits per heavy atom. The van der Waals surface area contributed by atoms with E-state index in [-0.39, 0.29) is 17.4 Å². The molecule has 0 heterocycles. The first-order valence-electron chi connectivity index (χ1n) is 10.4. The van der Waals surface area contributed by atoms with E-state index < -0.39 is 5.97 Å². The van der Waals surface area contributed by atoms with Gasteiger partial charge in [-0.15, -0.1) is 0 Å². The topological polar surface area (TPSA) is 78.8 Å². The van der Waals surface area contributed by atoms with Gasteiger partial charge < -0.3 is 5.11 Å². The number of hydrogen-bond acceptors (Lipinski definition) is 4. The lowest BCUT2D eigenvalue weighted by Crippen LogP contribution is -2.23. The molecule has 0 atom stereocenters. The van der Waals surface area contributed by atoms with E-state index in [1.807, 2.05) is 0 Å². The highest BCUT2D eigenvalue weighted by molar-refractivity contribution is 8.00. The van der Waals surface area contributed by atoms with E-state index in [1.165, 1.54) is 41.0 Å². The molecule has 30 heavy (non-hydrogen) atoms. The van der Waals surface area contributed by atoms with Gasteiger partial charge in [-0.2, -0.15) is 16.9 Å². The molecule has 5 nitrogen and oxygen atoms in total. The van der Waals surface area contributed by atoms with Crippen LogP contribution in [0.5, 0.6) is 0 Å². The Morgan fingerprint density at radius 3 is 2.10 bits per heavy atom. The molecule has 0 rings (SSSR count). The van der Waals surface area contributed by atoms with Gasteiger partial charge in [-0.3, -0.25) is 4.79 Å². The van der Waals surface area contributed by atoms with Crippen molar-refractivity contribution in [3.05, 3.63) is 46.6 Å². The average molecular weight is 435 g/mol. The maximum absolute atomic E-state index is 11.2. The van der Waals surface area contributed by atoms with Crippen LogP contribution >= 0.6 is 11.8 Å². The molecule has 0 unspecified atom stereocenters. The second-order valence-electron chi connectivity index (χ2n) is 7.80. The highest BCUT2D eigenvalue weighted by Crippen LogP contribution is 2.17. The number of nitrogens with zero attached hydrogens (tertiary/aromatic N) is 1. The summed E-state index contributed by atoms with van der Waals surface area (Å²) in [5, 5.41) is 12.8. The van der Waals surface area contributed by atoms with Gasteiger partial charge >= 0.3 is 5.97 Å². The number of allylic oxidation sites excluding steroid dienone is 7. The number of hydrogen-bond donors (Lipinski definition) is 2. The lowest BCUT2D eigenvalue weighted by molar-refractivity contribution is -0.129. The first-order valence-corrected chi connectivity index (χ1v) is 11.5. The summed E-state index contributed by atoms with van der Waals surface area (Å²) in [6, 6.07) is 0. The lowest BCUT2D eigenvalue weighted by Gasteiger charge is -2.06. The molecule has 0 aromatic heterocycles. The molecule has 0 aromatic rings. The Morgan fingerprint density at radius 1 is 0.900 bits per heavy atom. The van der Waals surface area contributed by atoms with Gasteiger partial charge in [0.2, 0.25) is 5.91 Å². The summed E-state index contributed by atoms with van der Waals surface area (Å²) < 4.78 is 0. The van der Waals surface area contributed by atoms with Crippen LogP contribution in [0.3, 0.4) is 0 Å². The maximum Gasteiger partial charge on any atom is 0.352 e. The smallest absolute Gasteiger partial charge is 0.352 e. The van der Waals surface area contributed by atoms with Gasteiger partial charge in [0.05, 0.1) is 0 Å². The first-order chi connectivity index (χ1) is 14.1. The lowest BCUT2D eigenvalue weighted by atomic mass is 10.0. The number of nitrogens with one attached hydrogen (secondary N) is 1. The molecule has 0 aliphatic carbocycles. The first kappa shape index (κ1) is 27.9. The van der Waals surface area contributed by atoms with Crippen molar-refractivity contribution in [2.45, 2.75) is 73.6 Å². The molecule has 0 saturated carbocycles. The fourth-order valence-electron chi connectivity index (χ4n) is 2.44. The molecular weight excluding hydrogens is 396 g/mol. The second kappa shape index (κ2) is 16.7. The van der Waals surface area contributed by atoms with Crippen molar-refractivity contribution in [2.75, 3.05) is 11.5 Å². The Bertz CT molecular complexity index is 708. The number of carbonyl (C=O) groups is 2. The number of carboxylic acids is 1. The van der Waals surface area contributed by atoms with Gasteiger partial charge in [-0.05, 0) is 66.7 Å². The Kier molecular flexibility index (Phi) is 15.5. The van der Waals surface area contributed by atoms with Crippen LogP contribution in [-0.2, 0) is 9.59 Å². The molecule has 0 aliphatic rings. The quantitative estimate of drug-likeness (QED) is 0.151. The number of rotatable bonds is 14. The molecule has 0 aliphatic heterocycles. The molecule has 0 spiro atoms. The summed E-state index contributed by atoms with van der Waals surface area (Å²) >= 11 is 1.48. The minimum Gasteiger partial charge on any atom is -0.477 e. The van der Waals surface area contributed by atoms with Crippen molar-refractivity contribution in [3.8, 4) is 0 Å². The van der Waals surface area contributed by atoms with E-state index in [2.05, 4.69) is 69.4 Å². The molecule has 0 saturated heterocycles. The number of carboxylic acid groups (broad SMARTS) is 1. The van der Waals surface area contributed by atoms with Crippen LogP contribution in [0, 0.1) is 0 Å². The number of carbonyl (C=O) groups excluding carboxylic acids is 1. The summed E-state index contributed by atoms with van der Waals surface area (Å²) in [7, 11) is 0. The van der Waals surface area contributed by atoms with Crippen LogP contribution in [0.25, 0.3) is 0 Å². The average Bonchev–Trinajstić information content (AvgIpc) is 2.63. The van der Waals surface area contributed by atoms with Gasteiger partial charge in [-0.1, -0.05) is 46.6 Å². The molecule has 1 amide bonds. The predicted octanol–water partition coefficient (Wildman–Crippen LogP) is 6.05. The Hall–Kier alpha value is -2.08. The van der Waals surface area contributed by atoms with Crippen LogP contribution in [-0.4, -0.2) is 34.2 Å². The third-order valence-electron chi connectivity index (χ3n) is 4.15. The fraction of sp³-hybridized carbons (Fsp3) is 0.542. The predicted molar refractivity (Wildman–Crippen MR) is 130 cm³/mol. The van der Waals surface area contributed by atoms with E-state index in [0.29, 0.717) is 5.75 Å². The third kappa shape index (κ3) is 16.8. The largest absolute Gasteiger partial charge is 0.477 e. The third-order valence-corrected chi connectivity index (χ3v) is 5.03. The summed E-state index contributed by atoms with van der Waals surface area (Å²) in [6.07, 6.45) is 14.1. The fourth-order valence-corrected chi connectivity index (χ4v) is 3.29. The van der Waals surface area contributed by atoms with Crippen LogP contribution in [0.1, 0.15) is 73.6 Å². The van der Waals surface area contributed by atoms with Crippen molar-refractivity contribution in [1.82, 2.24) is 5.43 Å².